The summed E-state index contributed by atoms with van der Waals surface area (Å²) >= 11 is 0. The van der Waals surface area contributed by atoms with Gasteiger partial charge >= 0.3 is 6.18 Å². The Bertz CT molecular complexity index is 848. The number of para-hydroxylation sites is 1. The van der Waals surface area contributed by atoms with Crippen molar-refractivity contribution in [1.82, 2.24) is 9.80 Å². The van der Waals surface area contributed by atoms with Crippen molar-refractivity contribution in [3.05, 3.63) is 65.7 Å². The third kappa shape index (κ3) is 7.45. The number of rotatable bonds is 12. The molecule has 4 nitrogen and oxygen atoms in total. The Morgan fingerprint density at radius 2 is 1.71 bits per heavy atom. The molecule has 0 aliphatic carbocycles. The molecule has 1 aliphatic rings. The Balaban J connectivity index is 1.63. The number of hydrogen-bond acceptors (Lipinski definition) is 4. The van der Waals surface area contributed by atoms with Crippen LogP contribution in [-0.4, -0.2) is 62.2 Å². The van der Waals surface area contributed by atoms with Crippen LogP contribution in [0.15, 0.2) is 54.6 Å². The summed E-state index contributed by atoms with van der Waals surface area (Å²) in [7, 11) is 0. The van der Waals surface area contributed by atoms with E-state index in [1.807, 2.05) is 30.3 Å². The summed E-state index contributed by atoms with van der Waals surface area (Å²) in [6.45, 7) is 11.0. The van der Waals surface area contributed by atoms with Gasteiger partial charge in [0.25, 0.3) is 0 Å². The van der Waals surface area contributed by atoms with Gasteiger partial charge in [0.05, 0.1) is 11.2 Å². The van der Waals surface area contributed by atoms with Crippen molar-refractivity contribution in [2.45, 2.75) is 44.9 Å². The van der Waals surface area contributed by atoms with Crippen molar-refractivity contribution < 1.29 is 17.9 Å². The molecule has 0 radical (unpaired) electrons. The van der Waals surface area contributed by atoms with Crippen LogP contribution in [-0.2, 0) is 16.5 Å². The highest BCUT2D eigenvalue weighted by molar-refractivity contribution is 5.42. The van der Waals surface area contributed by atoms with Crippen molar-refractivity contribution >= 4 is 5.69 Å². The lowest BCUT2D eigenvalue weighted by Gasteiger charge is -2.42. The van der Waals surface area contributed by atoms with Gasteiger partial charge in [-0.15, -0.1) is 0 Å². The number of likely N-dealkylation sites (tertiary alicyclic amines) is 1. The zero-order valence-corrected chi connectivity index (χ0v) is 20.4. The molecule has 0 bridgehead atoms. The quantitative estimate of drug-likeness (QED) is 0.388. The number of nitrogens with one attached hydrogen (secondary N) is 1. The summed E-state index contributed by atoms with van der Waals surface area (Å²) in [5.74, 6) is 0. The van der Waals surface area contributed by atoms with E-state index in [4.69, 9.17) is 4.74 Å². The average molecular weight is 478 g/mol. The van der Waals surface area contributed by atoms with Gasteiger partial charge < -0.3 is 19.9 Å². The number of benzene rings is 2. The van der Waals surface area contributed by atoms with E-state index < -0.39 is 17.3 Å². The number of nitrogens with zero attached hydrogens (tertiary/aromatic N) is 2. The zero-order chi connectivity index (χ0) is 24.4. The number of ether oxygens (including phenoxy) is 1. The van der Waals surface area contributed by atoms with Crippen LogP contribution in [0.4, 0.5) is 18.9 Å². The molecule has 3 rings (SSSR count). The number of halogens is 3. The van der Waals surface area contributed by atoms with Gasteiger partial charge in [-0.3, -0.25) is 0 Å². The fraction of sp³-hybridized carbons (Fsp3) is 0.556. The minimum absolute atomic E-state index is 0.544. The summed E-state index contributed by atoms with van der Waals surface area (Å²) in [5, 5.41) is 3.43. The fourth-order valence-corrected chi connectivity index (χ4v) is 4.64. The lowest BCUT2D eigenvalue weighted by molar-refractivity contribution is -0.138. The first-order chi connectivity index (χ1) is 16.4. The Labute approximate surface area is 202 Å². The Kier molecular flexibility index (Phi) is 9.80. The number of anilines is 1. The van der Waals surface area contributed by atoms with Crippen LogP contribution in [0.5, 0.6) is 0 Å². The van der Waals surface area contributed by atoms with E-state index in [-0.39, 0.29) is 0 Å². The first-order valence-electron chi connectivity index (χ1n) is 12.4. The van der Waals surface area contributed by atoms with Crippen LogP contribution in [0.25, 0.3) is 0 Å². The molecule has 7 heteroatoms. The van der Waals surface area contributed by atoms with Gasteiger partial charge in [-0.25, -0.2) is 0 Å². The largest absolute Gasteiger partial charge is 0.416 e. The first-order valence-corrected chi connectivity index (χ1v) is 12.4. The Morgan fingerprint density at radius 3 is 2.35 bits per heavy atom. The van der Waals surface area contributed by atoms with E-state index in [1.54, 1.807) is 6.07 Å². The minimum atomic E-state index is -4.36. The van der Waals surface area contributed by atoms with E-state index in [1.165, 1.54) is 12.1 Å². The molecule has 0 amide bonds. The molecule has 1 heterocycles. The van der Waals surface area contributed by atoms with Gasteiger partial charge in [0, 0.05) is 45.0 Å². The third-order valence-electron chi connectivity index (χ3n) is 6.80. The van der Waals surface area contributed by atoms with Gasteiger partial charge in [-0.05, 0) is 62.2 Å². The van der Waals surface area contributed by atoms with Crippen LogP contribution in [0.3, 0.4) is 0 Å². The third-order valence-corrected chi connectivity index (χ3v) is 6.80. The fourth-order valence-electron chi connectivity index (χ4n) is 4.64. The highest BCUT2D eigenvalue weighted by Gasteiger charge is 2.39. The Morgan fingerprint density at radius 1 is 1.00 bits per heavy atom. The molecule has 0 atom stereocenters. The molecule has 1 aliphatic heterocycles. The number of alkyl halides is 3. The molecule has 0 aromatic heterocycles. The SMILES string of the molecule is CCN(CC)CCCOC1(c2cccc(C(F)(F)F)c2)CCN(CCNc2ccccc2)CC1. The van der Waals surface area contributed by atoms with Crippen LogP contribution in [0.2, 0.25) is 0 Å². The molecule has 188 valence electrons. The second-order valence-electron chi connectivity index (χ2n) is 8.94. The van der Waals surface area contributed by atoms with Gasteiger partial charge in [0.15, 0.2) is 0 Å². The van der Waals surface area contributed by atoms with E-state index >= 15 is 0 Å². The molecule has 0 saturated carbocycles. The van der Waals surface area contributed by atoms with Crippen molar-refractivity contribution in [2.75, 3.05) is 57.7 Å². The Hall–Kier alpha value is -2.09. The lowest BCUT2D eigenvalue weighted by atomic mass is 9.83. The maximum atomic E-state index is 13.4. The van der Waals surface area contributed by atoms with Crippen molar-refractivity contribution in [2.24, 2.45) is 0 Å². The van der Waals surface area contributed by atoms with E-state index in [2.05, 4.69) is 29.0 Å². The normalized spacial score (nSPS) is 16.6. The highest BCUT2D eigenvalue weighted by atomic mass is 19.4. The maximum absolute atomic E-state index is 13.4. The molecule has 34 heavy (non-hydrogen) atoms. The highest BCUT2D eigenvalue weighted by Crippen LogP contribution is 2.39. The second kappa shape index (κ2) is 12.6. The topological polar surface area (TPSA) is 27.7 Å². The predicted octanol–water partition coefficient (Wildman–Crippen LogP) is 5.86. The molecule has 2 aromatic rings. The van der Waals surface area contributed by atoms with Crippen molar-refractivity contribution in [1.29, 1.82) is 0 Å². The molecule has 1 N–H and O–H groups in total. The van der Waals surface area contributed by atoms with E-state index in [0.29, 0.717) is 25.0 Å². The summed E-state index contributed by atoms with van der Waals surface area (Å²) in [6, 6.07) is 15.8. The summed E-state index contributed by atoms with van der Waals surface area (Å²) < 4.78 is 46.7. The summed E-state index contributed by atoms with van der Waals surface area (Å²) in [5.41, 5.74) is 0.459. The second-order valence-corrected chi connectivity index (χ2v) is 8.94. The van der Waals surface area contributed by atoms with Gasteiger partial charge in [0.1, 0.15) is 0 Å². The average Bonchev–Trinajstić information content (AvgIpc) is 2.85. The van der Waals surface area contributed by atoms with Gasteiger partial charge in [-0.1, -0.05) is 44.2 Å². The lowest BCUT2D eigenvalue weighted by Crippen LogP contribution is -2.46. The molecule has 2 aromatic carbocycles. The van der Waals surface area contributed by atoms with Gasteiger partial charge in [-0.2, -0.15) is 13.2 Å². The maximum Gasteiger partial charge on any atom is 0.416 e. The van der Waals surface area contributed by atoms with Crippen molar-refractivity contribution in [3.8, 4) is 0 Å². The number of hydrogen-bond donors (Lipinski definition) is 1. The molecule has 0 spiro atoms. The standard InChI is InChI=1S/C27H38F3N3O/c1-3-32(4-2)17-9-21-34-26(23-10-8-11-24(22-23)27(28,29)30)14-18-33(19-15-26)20-16-31-25-12-6-5-7-13-25/h5-8,10-13,22,31H,3-4,9,14-21H2,1-2H3. The van der Waals surface area contributed by atoms with Crippen molar-refractivity contribution in [3.63, 3.8) is 0 Å². The summed E-state index contributed by atoms with van der Waals surface area (Å²) in [4.78, 5) is 4.70. The minimum Gasteiger partial charge on any atom is -0.384 e. The smallest absolute Gasteiger partial charge is 0.384 e. The van der Waals surface area contributed by atoms with E-state index in [9.17, 15) is 13.2 Å². The van der Waals surface area contributed by atoms with Gasteiger partial charge in [0.2, 0.25) is 0 Å². The van der Waals surface area contributed by atoms with Crippen LogP contribution < -0.4 is 5.32 Å². The van der Waals surface area contributed by atoms with Crippen LogP contribution >= 0.6 is 0 Å². The molecule has 1 fully saturated rings. The molecule has 1 saturated heterocycles. The predicted molar refractivity (Wildman–Crippen MR) is 132 cm³/mol. The summed E-state index contributed by atoms with van der Waals surface area (Å²) in [6.07, 6.45) is -2.12. The molecule has 0 unspecified atom stereocenters. The first kappa shape index (κ1) is 26.5. The molecular weight excluding hydrogens is 439 g/mol. The van der Waals surface area contributed by atoms with Crippen LogP contribution in [0, 0.1) is 0 Å². The molecular formula is C27H38F3N3O. The number of piperidine rings is 1. The monoisotopic (exact) mass is 477 g/mol. The van der Waals surface area contributed by atoms with Crippen LogP contribution in [0.1, 0.15) is 44.2 Å². The van der Waals surface area contributed by atoms with E-state index in [0.717, 1.165) is 64.0 Å². The zero-order valence-electron chi connectivity index (χ0n) is 20.4.